The summed E-state index contributed by atoms with van der Waals surface area (Å²) in [5.41, 5.74) is 0. The van der Waals surface area contributed by atoms with Crippen molar-refractivity contribution < 1.29 is 8.42 Å². The molecule has 0 aromatic carbocycles. The maximum atomic E-state index is 12.7. The lowest BCUT2D eigenvalue weighted by Gasteiger charge is -2.28. The maximum Gasteiger partial charge on any atom is 0.281 e. The zero-order chi connectivity index (χ0) is 16.0. The highest BCUT2D eigenvalue weighted by Gasteiger charge is 2.38. The normalized spacial score (nSPS) is 16.6. The van der Waals surface area contributed by atoms with Crippen LogP contribution in [0.25, 0.3) is 0 Å². The Morgan fingerprint density at radius 1 is 1.14 bits per heavy atom. The third-order valence-corrected chi connectivity index (χ3v) is 5.82. The van der Waals surface area contributed by atoms with Gasteiger partial charge in [0.2, 0.25) is 0 Å². The Bertz CT molecular complexity index is 392. The van der Waals surface area contributed by atoms with Crippen molar-refractivity contribution in [3.63, 3.8) is 0 Å². The summed E-state index contributed by atoms with van der Waals surface area (Å²) in [5.74, 6) is 0.530. The third-order valence-electron chi connectivity index (χ3n) is 3.77. The van der Waals surface area contributed by atoms with Gasteiger partial charge < -0.3 is 5.32 Å². The molecule has 1 fully saturated rings. The largest absolute Gasteiger partial charge is 0.314 e. The summed E-state index contributed by atoms with van der Waals surface area (Å²) in [6.07, 6.45) is 3.80. The van der Waals surface area contributed by atoms with Crippen molar-refractivity contribution in [2.75, 3.05) is 26.7 Å². The van der Waals surface area contributed by atoms with Crippen LogP contribution in [0.2, 0.25) is 0 Å². The molecular weight excluding hydrogens is 286 g/mol. The van der Waals surface area contributed by atoms with Gasteiger partial charge in [0.15, 0.2) is 0 Å². The van der Waals surface area contributed by atoms with Crippen LogP contribution in [-0.2, 0) is 10.2 Å². The Morgan fingerprint density at radius 3 is 2.24 bits per heavy atom. The van der Waals surface area contributed by atoms with Crippen molar-refractivity contribution in [1.82, 2.24) is 13.9 Å². The van der Waals surface area contributed by atoms with Crippen LogP contribution in [0.1, 0.15) is 53.4 Å². The molecule has 0 aromatic heterocycles. The van der Waals surface area contributed by atoms with E-state index in [1.54, 1.807) is 11.4 Å². The van der Waals surface area contributed by atoms with Crippen LogP contribution in [0.5, 0.6) is 0 Å². The van der Waals surface area contributed by atoms with E-state index in [-0.39, 0.29) is 6.04 Å². The molecule has 0 heterocycles. The molecule has 0 bridgehead atoms. The van der Waals surface area contributed by atoms with E-state index in [0.29, 0.717) is 25.0 Å². The van der Waals surface area contributed by atoms with Crippen LogP contribution in [0.15, 0.2) is 0 Å². The van der Waals surface area contributed by atoms with Crippen molar-refractivity contribution >= 4 is 10.2 Å². The number of nitrogens with one attached hydrogen (secondary N) is 1. The second-order valence-corrected chi connectivity index (χ2v) is 8.80. The van der Waals surface area contributed by atoms with Crippen LogP contribution in [0, 0.1) is 5.92 Å². The van der Waals surface area contributed by atoms with Crippen molar-refractivity contribution in [3.8, 4) is 0 Å². The predicted molar refractivity (Wildman–Crippen MR) is 88.5 cm³/mol. The average molecular weight is 320 g/mol. The van der Waals surface area contributed by atoms with Gasteiger partial charge in [-0.3, -0.25) is 0 Å². The average Bonchev–Trinajstić information content (AvgIpc) is 3.18. The topological polar surface area (TPSA) is 52.7 Å². The van der Waals surface area contributed by atoms with E-state index in [1.807, 2.05) is 0 Å². The fourth-order valence-electron chi connectivity index (χ4n) is 2.22. The Balaban J connectivity index is 2.50. The molecule has 0 saturated heterocycles. The lowest BCUT2D eigenvalue weighted by atomic mass is 10.1. The van der Waals surface area contributed by atoms with Gasteiger partial charge in [0.25, 0.3) is 10.2 Å². The van der Waals surface area contributed by atoms with E-state index in [1.165, 1.54) is 4.31 Å². The minimum atomic E-state index is -3.30. The Morgan fingerprint density at radius 2 is 1.76 bits per heavy atom. The summed E-state index contributed by atoms with van der Waals surface area (Å²) in [6.45, 7) is 10.6. The molecule has 0 atom stereocenters. The Kier molecular flexibility index (Phi) is 7.60. The van der Waals surface area contributed by atoms with Crippen LogP contribution < -0.4 is 5.32 Å². The van der Waals surface area contributed by atoms with Crippen LogP contribution in [0.3, 0.4) is 0 Å². The molecule has 1 N–H and O–H groups in total. The smallest absolute Gasteiger partial charge is 0.281 e. The fraction of sp³-hybridized carbons (Fsp3) is 1.00. The molecule has 1 saturated carbocycles. The summed E-state index contributed by atoms with van der Waals surface area (Å²) in [5, 5.41) is 3.32. The molecule has 0 radical (unpaired) electrons. The van der Waals surface area contributed by atoms with Gasteiger partial charge in [-0.15, -0.1) is 0 Å². The highest BCUT2D eigenvalue weighted by molar-refractivity contribution is 7.86. The molecule has 6 heteroatoms. The zero-order valence-corrected chi connectivity index (χ0v) is 15.1. The first kappa shape index (κ1) is 18.9. The number of hydrogen-bond donors (Lipinski definition) is 1. The van der Waals surface area contributed by atoms with E-state index in [0.717, 1.165) is 32.2 Å². The Labute approximate surface area is 131 Å². The van der Waals surface area contributed by atoms with Crippen LogP contribution in [0.4, 0.5) is 0 Å². The minimum absolute atomic E-state index is 0.241. The van der Waals surface area contributed by atoms with E-state index in [2.05, 4.69) is 33.0 Å². The second-order valence-electron chi connectivity index (χ2n) is 6.82. The molecule has 0 spiro atoms. The lowest BCUT2D eigenvalue weighted by molar-refractivity contribution is 0.332. The quantitative estimate of drug-likeness (QED) is 0.593. The highest BCUT2D eigenvalue weighted by atomic mass is 32.2. The zero-order valence-electron chi connectivity index (χ0n) is 14.3. The molecule has 0 aliphatic heterocycles. The molecule has 21 heavy (non-hydrogen) atoms. The van der Waals surface area contributed by atoms with E-state index in [4.69, 9.17) is 0 Å². The SMILES string of the molecule is CC(C)CCN(C1CC1)S(=O)(=O)N(C)CCCNC(C)C. The molecule has 1 rings (SSSR count). The first-order valence-corrected chi connectivity index (χ1v) is 9.61. The van der Waals surface area contributed by atoms with E-state index >= 15 is 0 Å². The van der Waals surface area contributed by atoms with E-state index < -0.39 is 10.2 Å². The lowest BCUT2D eigenvalue weighted by Crippen LogP contribution is -2.44. The van der Waals surface area contributed by atoms with Gasteiger partial charge in [-0.05, 0) is 38.1 Å². The first-order valence-electron chi connectivity index (χ1n) is 8.21. The van der Waals surface area contributed by atoms with Gasteiger partial charge in [0, 0.05) is 32.2 Å². The summed E-state index contributed by atoms with van der Waals surface area (Å²) in [4.78, 5) is 0. The predicted octanol–water partition coefficient (Wildman–Crippen LogP) is 2.06. The number of nitrogens with zero attached hydrogens (tertiary/aromatic N) is 2. The molecular formula is C15H33N3O2S. The van der Waals surface area contributed by atoms with Crippen LogP contribution >= 0.6 is 0 Å². The molecule has 0 unspecified atom stereocenters. The van der Waals surface area contributed by atoms with Gasteiger partial charge >= 0.3 is 0 Å². The monoisotopic (exact) mass is 319 g/mol. The Hall–Kier alpha value is -0.170. The molecule has 5 nitrogen and oxygen atoms in total. The molecule has 0 aromatic rings. The minimum Gasteiger partial charge on any atom is -0.314 e. The van der Waals surface area contributed by atoms with Crippen molar-refractivity contribution in [1.29, 1.82) is 0 Å². The molecule has 0 amide bonds. The summed E-state index contributed by atoms with van der Waals surface area (Å²) < 4.78 is 28.6. The highest BCUT2D eigenvalue weighted by Crippen LogP contribution is 2.30. The van der Waals surface area contributed by atoms with Gasteiger partial charge in [0.05, 0.1) is 0 Å². The van der Waals surface area contributed by atoms with Crippen molar-refractivity contribution in [2.24, 2.45) is 5.92 Å². The molecule has 1 aliphatic rings. The van der Waals surface area contributed by atoms with Gasteiger partial charge in [-0.25, -0.2) is 0 Å². The third kappa shape index (κ3) is 6.63. The number of hydrogen-bond acceptors (Lipinski definition) is 3. The molecule has 1 aliphatic carbocycles. The van der Waals surface area contributed by atoms with Gasteiger partial charge in [0.1, 0.15) is 0 Å². The van der Waals surface area contributed by atoms with Crippen molar-refractivity contribution in [2.45, 2.75) is 65.5 Å². The second kappa shape index (κ2) is 8.46. The summed E-state index contributed by atoms with van der Waals surface area (Å²) >= 11 is 0. The van der Waals surface area contributed by atoms with Gasteiger partial charge in [-0.2, -0.15) is 17.0 Å². The summed E-state index contributed by atoms with van der Waals surface area (Å²) in [6, 6.07) is 0.686. The number of rotatable bonds is 11. The first-order chi connectivity index (χ1) is 9.75. The standard InChI is InChI=1S/C15H33N3O2S/c1-13(2)9-12-18(15-7-8-15)21(19,20)17(5)11-6-10-16-14(3)4/h13-16H,6-12H2,1-5H3. The molecule has 126 valence electrons. The van der Waals surface area contributed by atoms with Crippen LogP contribution in [-0.4, -0.2) is 55.8 Å². The van der Waals surface area contributed by atoms with E-state index in [9.17, 15) is 8.42 Å². The summed E-state index contributed by atoms with van der Waals surface area (Å²) in [7, 11) is -1.59. The fourth-order valence-corrected chi connectivity index (χ4v) is 3.86. The maximum absolute atomic E-state index is 12.7. The van der Waals surface area contributed by atoms with Crippen molar-refractivity contribution in [3.05, 3.63) is 0 Å². The van der Waals surface area contributed by atoms with Gasteiger partial charge in [-0.1, -0.05) is 27.7 Å².